The van der Waals surface area contributed by atoms with Crippen LogP contribution in [-0.4, -0.2) is 34.0 Å². The Morgan fingerprint density at radius 2 is 1.90 bits per heavy atom. The summed E-state index contributed by atoms with van der Waals surface area (Å²) in [5.41, 5.74) is 4.85. The van der Waals surface area contributed by atoms with E-state index in [-0.39, 0.29) is 0 Å². The van der Waals surface area contributed by atoms with Gasteiger partial charge in [-0.3, -0.25) is 9.30 Å². The van der Waals surface area contributed by atoms with Gasteiger partial charge in [0.25, 0.3) is 0 Å². The van der Waals surface area contributed by atoms with Gasteiger partial charge in [-0.05, 0) is 37.1 Å². The summed E-state index contributed by atoms with van der Waals surface area (Å²) in [7, 11) is 0. The predicted molar refractivity (Wildman–Crippen MR) is 118 cm³/mol. The van der Waals surface area contributed by atoms with E-state index in [0.29, 0.717) is 19.3 Å². The molecule has 2 aliphatic heterocycles. The maximum Gasteiger partial charge on any atom is 0.194 e. The molecule has 4 aromatic rings. The van der Waals surface area contributed by atoms with Crippen molar-refractivity contribution in [1.82, 2.24) is 14.3 Å². The summed E-state index contributed by atoms with van der Waals surface area (Å²) in [6.07, 6.45) is 4.50. The number of thiazole rings is 1. The van der Waals surface area contributed by atoms with Crippen molar-refractivity contribution in [3.63, 3.8) is 0 Å². The second-order valence-corrected chi connectivity index (χ2v) is 8.73. The minimum Gasteiger partial charge on any atom is -0.486 e. The van der Waals surface area contributed by atoms with E-state index in [1.54, 1.807) is 11.3 Å². The molecule has 0 saturated carbocycles. The molecule has 0 unspecified atom stereocenters. The van der Waals surface area contributed by atoms with Crippen LogP contribution in [0.5, 0.6) is 11.5 Å². The molecule has 4 heterocycles. The lowest BCUT2D eigenvalue weighted by Crippen LogP contribution is -2.24. The topological polar surface area (TPSA) is 39.0 Å². The van der Waals surface area contributed by atoms with Gasteiger partial charge < -0.3 is 9.47 Å². The molecule has 0 N–H and O–H groups in total. The van der Waals surface area contributed by atoms with Gasteiger partial charge in [0.15, 0.2) is 16.5 Å². The molecule has 1 fully saturated rings. The second-order valence-electron chi connectivity index (χ2n) is 7.86. The van der Waals surface area contributed by atoms with Crippen LogP contribution >= 0.6 is 11.3 Å². The molecule has 0 radical (unpaired) electrons. The first-order valence-electron chi connectivity index (χ1n) is 10.5. The summed E-state index contributed by atoms with van der Waals surface area (Å²) in [4.78, 5) is 8.60. The van der Waals surface area contributed by atoms with Gasteiger partial charge in [0, 0.05) is 29.7 Å². The monoisotopic (exact) mass is 417 g/mol. The third-order valence-corrected chi connectivity index (χ3v) is 6.83. The maximum atomic E-state index is 5.83. The first kappa shape index (κ1) is 18.0. The lowest BCUT2D eigenvalue weighted by Gasteiger charge is -2.26. The first-order chi connectivity index (χ1) is 14.9. The van der Waals surface area contributed by atoms with Gasteiger partial charge in [-0.2, -0.15) is 0 Å². The van der Waals surface area contributed by atoms with Crippen LogP contribution in [0.1, 0.15) is 30.1 Å². The molecular formula is C24H23N3O2S. The number of ether oxygens (including phenoxy) is 2. The van der Waals surface area contributed by atoms with E-state index >= 15 is 0 Å². The highest BCUT2D eigenvalue weighted by molar-refractivity contribution is 7.15. The molecule has 1 saturated heterocycles. The molecule has 1 atom stereocenters. The van der Waals surface area contributed by atoms with Crippen LogP contribution in [0.4, 0.5) is 0 Å². The number of hydrogen-bond acceptors (Lipinski definition) is 5. The Hall–Kier alpha value is -2.83. The highest BCUT2D eigenvalue weighted by atomic mass is 32.1. The molecule has 30 heavy (non-hydrogen) atoms. The van der Waals surface area contributed by atoms with Gasteiger partial charge in [-0.25, -0.2) is 4.98 Å². The zero-order valence-corrected chi connectivity index (χ0v) is 17.5. The van der Waals surface area contributed by atoms with Gasteiger partial charge in [0.2, 0.25) is 0 Å². The number of benzene rings is 2. The van der Waals surface area contributed by atoms with Crippen LogP contribution < -0.4 is 9.47 Å². The van der Waals surface area contributed by atoms with E-state index in [1.807, 2.05) is 0 Å². The molecule has 0 bridgehead atoms. The van der Waals surface area contributed by atoms with Crippen molar-refractivity contribution in [2.24, 2.45) is 0 Å². The molecule has 5 nitrogen and oxygen atoms in total. The van der Waals surface area contributed by atoms with Crippen LogP contribution in [-0.2, 0) is 6.54 Å². The Labute approximate surface area is 179 Å². The predicted octanol–water partition coefficient (Wildman–Crippen LogP) is 5.17. The number of aromatic nitrogens is 2. The van der Waals surface area contributed by atoms with E-state index in [2.05, 4.69) is 69.4 Å². The largest absolute Gasteiger partial charge is 0.486 e. The van der Waals surface area contributed by atoms with Gasteiger partial charge >= 0.3 is 0 Å². The zero-order chi connectivity index (χ0) is 19.9. The van der Waals surface area contributed by atoms with Crippen molar-refractivity contribution in [3.05, 3.63) is 71.4 Å². The summed E-state index contributed by atoms with van der Waals surface area (Å²) < 4.78 is 13.8. The number of rotatable bonds is 4. The van der Waals surface area contributed by atoms with Crippen LogP contribution in [0, 0.1) is 0 Å². The number of nitrogens with zero attached hydrogens (tertiary/aromatic N) is 3. The summed E-state index contributed by atoms with van der Waals surface area (Å²) >= 11 is 1.69. The van der Waals surface area contributed by atoms with Gasteiger partial charge in [0.1, 0.15) is 13.2 Å². The molecule has 2 aromatic heterocycles. The highest BCUT2D eigenvalue weighted by Gasteiger charge is 2.29. The van der Waals surface area contributed by atoms with E-state index in [9.17, 15) is 0 Å². The Bertz CT molecular complexity index is 1180. The summed E-state index contributed by atoms with van der Waals surface area (Å²) in [6.45, 7) is 3.21. The van der Waals surface area contributed by atoms with Gasteiger partial charge in [-0.15, -0.1) is 11.3 Å². The Morgan fingerprint density at radius 1 is 1.03 bits per heavy atom. The van der Waals surface area contributed by atoms with Crippen LogP contribution in [0.3, 0.4) is 0 Å². The molecule has 6 rings (SSSR count). The summed E-state index contributed by atoms with van der Waals surface area (Å²) in [5, 5.41) is 2.11. The Morgan fingerprint density at radius 3 is 2.80 bits per heavy atom. The molecule has 0 aliphatic carbocycles. The quantitative estimate of drug-likeness (QED) is 0.459. The van der Waals surface area contributed by atoms with Crippen molar-refractivity contribution in [1.29, 1.82) is 0 Å². The SMILES string of the molecule is c1ccc(-c2nc3sccn3c2CN2CCC[C@H]2c2ccc3c(c2)OCCO3)cc1. The maximum absolute atomic E-state index is 5.83. The van der Waals surface area contributed by atoms with Crippen molar-refractivity contribution >= 4 is 16.3 Å². The summed E-state index contributed by atoms with van der Waals surface area (Å²) in [5.74, 6) is 1.73. The Balaban J connectivity index is 1.35. The van der Waals surface area contributed by atoms with Gasteiger partial charge in [0.05, 0.1) is 11.4 Å². The van der Waals surface area contributed by atoms with E-state index in [4.69, 9.17) is 14.5 Å². The second kappa shape index (κ2) is 7.45. The molecular weight excluding hydrogens is 394 g/mol. The average Bonchev–Trinajstić information content (AvgIpc) is 3.52. The van der Waals surface area contributed by atoms with Crippen molar-refractivity contribution < 1.29 is 9.47 Å². The lowest BCUT2D eigenvalue weighted by molar-refractivity contribution is 0.170. The summed E-state index contributed by atoms with van der Waals surface area (Å²) in [6, 6.07) is 17.3. The number of hydrogen-bond donors (Lipinski definition) is 0. The number of imidazole rings is 1. The molecule has 2 aliphatic rings. The fourth-order valence-corrected chi connectivity index (χ4v) is 5.40. The van der Waals surface area contributed by atoms with Crippen molar-refractivity contribution in [2.45, 2.75) is 25.4 Å². The normalized spacial score (nSPS) is 18.9. The third-order valence-electron chi connectivity index (χ3n) is 6.08. The third kappa shape index (κ3) is 3.07. The minimum atomic E-state index is 0.383. The average molecular weight is 418 g/mol. The van der Waals surface area contributed by atoms with E-state index in [1.165, 1.54) is 23.2 Å². The smallest absolute Gasteiger partial charge is 0.194 e. The molecule has 152 valence electrons. The van der Waals surface area contributed by atoms with Crippen LogP contribution in [0.15, 0.2) is 60.1 Å². The first-order valence-corrected chi connectivity index (χ1v) is 11.4. The van der Waals surface area contributed by atoms with Crippen molar-refractivity contribution in [2.75, 3.05) is 19.8 Å². The van der Waals surface area contributed by atoms with Crippen LogP contribution in [0.25, 0.3) is 16.2 Å². The lowest BCUT2D eigenvalue weighted by atomic mass is 10.0. The fourth-order valence-electron chi connectivity index (χ4n) is 4.66. The fraction of sp³-hybridized carbons (Fsp3) is 0.292. The standard InChI is InChI=1S/C24H23N3O2S/c1-2-5-17(6-3-1)23-20(27-11-14-30-24(27)25-23)16-26-10-4-7-19(26)18-8-9-21-22(15-18)29-13-12-28-21/h1-3,5-6,8-9,11,14-15,19H,4,7,10,12-13,16H2/t19-/m0/s1. The number of likely N-dealkylation sites (tertiary alicyclic amines) is 1. The molecule has 6 heteroatoms. The molecule has 0 spiro atoms. The zero-order valence-electron chi connectivity index (χ0n) is 16.7. The van der Waals surface area contributed by atoms with Gasteiger partial charge in [-0.1, -0.05) is 36.4 Å². The Kier molecular flexibility index (Phi) is 4.47. The van der Waals surface area contributed by atoms with Crippen molar-refractivity contribution in [3.8, 4) is 22.8 Å². The molecule has 2 aromatic carbocycles. The molecule has 0 amide bonds. The minimum absolute atomic E-state index is 0.383. The number of fused-ring (bicyclic) bond motifs is 2. The van der Waals surface area contributed by atoms with E-state index < -0.39 is 0 Å². The van der Waals surface area contributed by atoms with E-state index in [0.717, 1.165) is 41.7 Å². The highest BCUT2D eigenvalue weighted by Crippen LogP contribution is 2.39. The van der Waals surface area contributed by atoms with Crippen LogP contribution in [0.2, 0.25) is 0 Å².